The fraction of sp³-hybridized carbons (Fsp3) is 0.364. The Balaban J connectivity index is 1.78. The number of halogens is 1. The quantitative estimate of drug-likeness (QED) is 0.764. The molecule has 1 aliphatic heterocycles. The van der Waals surface area contributed by atoms with Crippen molar-refractivity contribution < 1.29 is 9.59 Å². The van der Waals surface area contributed by atoms with Gasteiger partial charge in [-0.05, 0) is 44.0 Å². The lowest BCUT2D eigenvalue weighted by atomic mass is 10.0. The third-order valence-corrected chi connectivity index (χ3v) is 5.27. The molecule has 27 heavy (non-hydrogen) atoms. The highest BCUT2D eigenvalue weighted by molar-refractivity contribution is 6.31. The molecular weight excluding hydrogens is 360 g/mol. The van der Waals surface area contributed by atoms with Crippen molar-refractivity contribution >= 4 is 29.1 Å². The van der Waals surface area contributed by atoms with Crippen LogP contribution >= 0.6 is 11.6 Å². The number of carbonyl (C=O) groups excluding carboxylic acids is 2. The molecule has 1 aliphatic rings. The van der Waals surface area contributed by atoms with Crippen LogP contribution in [0.5, 0.6) is 0 Å². The van der Waals surface area contributed by atoms with Gasteiger partial charge in [0.05, 0.1) is 5.92 Å². The molecule has 1 heterocycles. The lowest BCUT2D eigenvalue weighted by Crippen LogP contribution is -2.41. The number of nitrogens with zero attached hydrogens (tertiary/aromatic N) is 2. The Labute approximate surface area is 165 Å². The second kappa shape index (κ2) is 8.13. The highest BCUT2D eigenvalue weighted by atomic mass is 35.5. The smallest absolute Gasteiger partial charge is 0.228 e. The molecule has 1 atom stereocenters. The molecule has 1 unspecified atom stereocenters. The first-order chi connectivity index (χ1) is 12.9. The molecule has 2 amide bonds. The van der Waals surface area contributed by atoms with Crippen molar-refractivity contribution in [3.8, 4) is 0 Å². The van der Waals surface area contributed by atoms with Gasteiger partial charge in [-0.2, -0.15) is 0 Å². The van der Waals surface area contributed by atoms with Crippen LogP contribution < -0.4 is 4.90 Å². The van der Waals surface area contributed by atoms with Crippen LogP contribution in [0.15, 0.2) is 48.5 Å². The third kappa shape index (κ3) is 4.33. The van der Waals surface area contributed by atoms with E-state index in [-0.39, 0.29) is 30.2 Å². The number of amides is 2. The maximum Gasteiger partial charge on any atom is 0.228 e. The minimum Gasteiger partial charge on any atom is -0.336 e. The van der Waals surface area contributed by atoms with Gasteiger partial charge in [0, 0.05) is 36.3 Å². The fourth-order valence-corrected chi connectivity index (χ4v) is 3.68. The molecule has 2 aromatic rings. The van der Waals surface area contributed by atoms with Crippen LogP contribution in [-0.2, 0) is 16.1 Å². The van der Waals surface area contributed by atoms with Crippen LogP contribution in [0.3, 0.4) is 0 Å². The summed E-state index contributed by atoms with van der Waals surface area (Å²) in [6.07, 6.45) is 0.239. The first kappa shape index (κ1) is 19.4. The summed E-state index contributed by atoms with van der Waals surface area (Å²) in [6, 6.07) is 15.5. The summed E-state index contributed by atoms with van der Waals surface area (Å²) < 4.78 is 0. The number of benzene rings is 2. The molecule has 2 aromatic carbocycles. The van der Waals surface area contributed by atoms with E-state index >= 15 is 0 Å². The maximum absolute atomic E-state index is 13.2. The Hall–Kier alpha value is -2.33. The highest BCUT2D eigenvalue weighted by Crippen LogP contribution is 2.31. The van der Waals surface area contributed by atoms with E-state index < -0.39 is 0 Å². The predicted molar refractivity (Wildman–Crippen MR) is 109 cm³/mol. The van der Waals surface area contributed by atoms with Crippen molar-refractivity contribution in [1.29, 1.82) is 0 Å². The van der Waals surface area contributed by atoms with Crippen molar-refractivity contribution in [2.45, 2.75) is 39.8 Å². The summed E-state index contributed by atoms with van der Waals surface area (Å²) in [6.45, 7) is 6.92. The fourth-order valence-electron chi connectivity index (χ4n) is 3.51. The Bertz CT molecular complexity index is 835. The van der Waals surface area contributed by atoms with Gasteiger partial charge in [-0.3, -0.25) is 9.59 Å². The van der Waals surface area contributed by atoms with E-state index in [2.05, 4.69) is 0 Å². The molecule has 0 radical (unpaired) electrons. The number of anilines is 1. The number of aryl methyl sites for hydroxylation is 1. The van der Waals surface area contributed by atoms with E-state index in [1.807, 2.05) is 68.1 Å². The van der Waals surface area contributed by atoms with E-state index in [1.54, 1.807) is 11.0 Å². The lowest BCUT2D eigenvalue weighted by Gasteiger charge is -2.29. The minimum absolute atomic E-state index is 0.0258. The Morgan fingerprint density at radius 3 is 2.59 bits per heavy atom. The third-order valence-electron chi connectivity index (χ3n) is 5.04. The van der Waals surface area contributed by atoms with Gasteiger partial charge >= 0.3 is 0 Å². The van der Waals surface area contributed by atoms with Crippen molar-refractivity contribution in [2.75, 3.05) is 11.4 Å². The molecule has 0 aliphatic carbocycles. The Morgan fingerprint density at radius 2 is 1.93 bits per heavy atom. The van der Waals surface area contributed by atoms with Crippen LogP contribution in [0.2, 0.25) is 5.02 Å². The predicted octanol–water partition coefficient (Wildman–Crippen LogP) is 4.44. The van der Waals surface area contributed by atoms with Crippen LogP contribution in [0.4, 0.5) is 5.69 Å². The molecule has 0 spiro atoms. The number of hydrogen-bond donors (Lipinski definition) is 0. The Kier molecular flexibility index (Phi) is 5.85. The van der Waals surface area contributed by atoms with Crippen molar-refractivity contribution in [1.82, 2.24) is 4.90 Å². The van der Waals surface area contributed by atoms with Crippen LogP contribution in [0.25, 0.3) is 0 Å². The van der Waals surface area contributed by atoms with Gasteiger partial charge in [-0.1, -0.05) is 48.0 Å². The first-order valence-corrected chi connectivity index (χ1v) is 9.65. The summed E-state index contributed by atoms with van der Waals surface area (Å²) in [7, 11) is 0. The molecule has 3 rings (SSSR count). The van der Waals surface area contributed by atoms with Crippen molar-refractivity contribution in [3.05, 3.63) is 64.7 Å². The summed E-state index contributed by atoms with van der Waals surface area (Å²) in [5, 5.41) is 0.589. The zero-order valence-electron chi connectivity index (χ0n) is 16.0. The van der Waals surface area contributed by atoms with Gasteiger partial charge < -0.3 is 9.80 Å². The van der Waals surface area contributed by atoms with E-state index in [0.717, 1.165) is 16.8 Å². The number of rotatable bonds is 5. The van der Waals surface area contributed by atoms with Crippen LogP contribution in [0, 0.1) is 12.8 Å². The SMILES string of the molecule is Cc1ccc(Cl)cc1N1CC(C(=O)N(Cc2ccccc2)C(C)C)CC1=O. The molecule has 0 saturated carbocycles. The van der Waals surface area contributed by atoms with Gasteiger partial charge in [0.15, 0.2) is 0 Å². The summed E-state index contributed by atoms with van der Waals surface area (Å²) in [4.78, 5) is 29.4. The second-order valence-corrected chi connectivity index (χ2v) is 7.82. The standard InChI is InChI=1S/C22H25ClN2O2/c1-15(2)24(13-17-7-5-4-6-8-17)22(27)18-11-21(26)25(14-18)20-12-19(23)10-9-16(20)3/h4-10,12,15,18H,11,13-14H2,1-3H3. The monoisotopic (exact) mass is 384 g/mol. The summed E-state index contributed by atoms with van der Waals surface area (Å²) in [5.41, 5.74) is 2.86. The van der Waals surface area contributed by atoms with Gasteiger partial charge in [-0.25, -0.2) is 0 Å². The molecule has 1 fully saturated rings. The largest absolute Gasteiger partial charge is 0.336 e. The molecule has 0 bridgehead atoms. The Morgan fingerprint density at radius 1 is 1.22 bits per heavy atom. The van der Waals surface area contributed by atoms with Crippen LogP contribution in [0.1, 0.15) is 31.4 Å². The lowest BCUT2D eigenvalue weighted by molar-refractivity contribution is -0.138. The molecule has 5 heteroatoms. The van der Waals surface area contributed by atoms with Crippen molar-refractivity contribution in [2.24, 2.45) is 5.92 Å². The average Bonchev–Trinajstić information content (AvgIpc) is 3.03. The minimum atomic E-state index is -0.331. The molecule has 0 aromatic heterocycles. The van der Waals surface area contributed by atoms with Gasteiger partial charge in [0.1, 0.15) is 0 Å². The zero-order valence-corrected chi connectivity index (χ0v) is 16.7. The van der Waals surface area contributed by atoms with Crippen LogP contribution in [-0.4, -0.2) is 29.3 Å². The van der Waals surface area contributed by atoms with Gasteiger partial charge in [-0.15, -0.1) is 0 Å². The number of carbonyl (C=O) groups is 2. The average molecular weight is 385 g/mol. The zero-order chi connectivity index (χ0) is 19.6. The molecular formula is C22H25ClN2O2. The molecule has 142 valence electrons. The van der Waals surface area contributed by atoms with E-state index in [4.69, 9.17) is 11.6 Å². The van der Waals surface area contributed by atoms with E-state index in [0.29, 0.717) is 18.1 Å². The summed E-state index contributed by atoms with van der Waals surface area (Å²) >= 11 is 6.11. The van der Waals surface area contributed by atoms with Gasteiger partial charge in [0.2, 0.25) is 11.8 Å². The molecule has 4 nitrogen and oxygen atoms in total. The molecule has 0 N–H and O–H groups in total. The van der Waals surface area contributed by atoms with Crippen molar-refractivity contribution in [3.63, 3.8) is 0 Å². The highest BCUT2D eigenvalue weighted by Gasteiger charge is 2.38. The van der Waals surface area contributed by atoms with E-state index in [9.17, 15) is 9.59 Å². The van der Waals surface area contributed by atoms with E-state index in [1.165, 1.54) is 0 Å². The molecule has 1 saturated heterocycles. The second-order valence-electron chi connectivity index (χ2n) is 7.38. The normalized spacial score (nSPS) is 16.9. The van der Waals surface area contributed by atoms with Gasteiger partial charge in [0.25, 0.3) is 0 Å². The topological polar surface area (TPSA) is 40.6 Å². The summed E-state index contributed by atoms with van der Waals surface area (Å²) in [5.74, 6) is -0.325. The number of hydrogen-bond acceptors (Lipinski definition) is 2. The maximum atomic E-state index is 13.2. The first-order valence-electron chi connectivity index (χ1n) is 9.27.